The molecule has 4 aromatic carbocycles. The molecule has 0 aromatic heterocycles. The number of ether oxygens (including phenoxy) is 9. The quantitative estimate of drug-likeness (QED) is 0.105. The Kier molecular flexibility index (Phi) is 10.2. The first-order valence-electron chi connectivity index (χ1n) is 17.1. The highest BCUT2D eigenvalue weighted by atomic mass is 16.7. The van der Waals surface area contributed by atoms with Crippen molar-refractivity contribution in [2.24, 2.45) is 11.8 Å². The Morgan fingerprint density at radius 2 is 1.50 bits per heavy atom. The van der Waals surface area contributed by atoms with E-state index in [2.05, 4.69) is 5.32 Å². The maximum absolute atomic E-state index is 13.6. The van der Waals surface area contributed by atoms with Crippen molar-refractivity contribution in [2.75, 3.05) is 55.6 Å². The molecule has 1 saturated heterocycles. The molecule has 2 heterocycles. The highest BCUT2D eigenvalue weighted by molar-refractivity contribution is 6.07. The normalized spacial score (nSPS) is 19.3. The van der Waals surface area contributed by atoms with Gasteiger partial charge in [-0.05, 0) is 77.4 Å². The summed E-state index contributed by atoms with van der Waals surface area (Å²) in [7, 11) is 7.63. The first kappa shape index (κ1) is 36.0. The Labute approximate surface area is 311 Å². The lowest BCUT2D eigenvalue weighted by atomic mass is 9.65. The number of carbonyl (C=O) groups excluding carboxylic acids is 3. The molecule has 2 aliphatic heterocycles. The van der Waals surface area contributed by atoms with Gasteiger partial charge in [-0.25, -0.2) is 0 Å². The summed E-state index contributed by atoms with van der Waals surface area (Å²) in [5.41, 5.74) is 3.38. The zero-order chi connectivity index (χ0) is 37.9. The summed E-state index contributed by atoms with van der Waals surface area (Å²) in [5.74, 6) is 1.18. The van der Waals surface area contributed by atoms with Crippen LogP contribution >= 0.6 is 0 Å². The SMILES string of the molecule is COc1cccc(C(=O)/C=C/c2ccc(OCC(=O)N[C@@H]3c4cc5c(cc4[C@@H](c4cc(OC)c(OC)c(OC)c4)[C@H]4C(=O)OC[C@@H]43)OCO5)cc2OC)c1. The smallest absolute Gasteiger partial charge is 0.310 e. The van der Waals surface area contributed by atoms with Crippen molar-refractivity contribution in [3.8, 4) is 46.0 Å². The van der Waals surface area contributed by atoms with E-state index in [4.69, 9.17) is 42.6 Å². The molecule has 0 radical (unpaired) electrons. The molecule has 0 spiro atoms. The summed E-state index contributed by atoms with van der Waals surface area (Å²) < 4.78 is 50.7. The Bertz CT molecular complexity index is 2100. The van der Waals surface area contributed by atoms with Gasteiger partial charge in [0.25, 0.3) is 5.91 Å². The molecular weight excluding hydrogens is 698 g/mol. The average molecular weight is 738 g/mol. The molecule has 280 valence electrons. The summed E-state index contributed by atoms with van der Waals surface area (Å²) in [4.78, 5) is 39.9. The minimum atomic E-state index is -0.660. The van der Waals surface area contributed by atoms with Gasteiger partial charge in [0.05, 0.1) is 54.1 Å². The van der Waals surface area contributed by atoms with E-state index in [-0.39, 0.29) is 31.8 Å². The number of benzene rings is 4. The number of methoxy groups -OCH3 is 5. The number of fused-ring (bicyclic) bond motifs is 3. The fourth-order valence-electron chi connectivity index (χ4n) is 7.35. The third-order valence-corrected chi connectivity index (χ3v) is 9.89. The number of nitrogens with one attached hydrogen (secondary N) is 1. The van der Waals surface area contributed by atoms with Crippen molar-refractivity contribution in [1.82, 2.24) is 5.32 Å². The number of rotatable bonds is 13. The van der Waals surface area contributed by atoms with Crippen LogP contribution in [-0.2, 0) is 14.3 Å². The van der Waals surface area contributed by atoms with Crippen molar-refractivity contribution >= 4 is 23.7 Å². The largest absolute Gasteiger partial charge is 0.497 e. The summed E-state index contributed by atoms with van der Waals surface area (Å²) in [6.07, 6.45) is 3.10. The van der Waals surface area contributed by atoms with Crippen molar-refractivity contribution in [3.05, 3.63) is 101 Å². The van der Waals surface area contributed by atoms with Crippen LogP contribution in [0.5, 0.6) is 46.0 Å². The molecule has 54 heavy (non-hydrogen) atoms. The van der Waals surface area contributed by atoms with E-state index in [9.17, 15) is 14.4 Å². The van der Waals surface area contributed by atoms with Crippen molar-refractivity contribution in [1.29, 1.82) is 0 Å². The van der Waals surface area contributed by atoms with Gasteiger partial charge in [0, 0.05) is 29.0 Å². The predicted molar refractivity (Wildman–Crippen MR) is 194 cm³/mol. The molecule has 4 atom stereocenters. The first-order chi connectivity index (χ1) is 26.3. The van der Waals surface area contributed by atoms with E-state index in [1.807, 2.05) is 24.3 Å². The van der Waals surface area contributed by atoms with Crippen LogP contribution in [-0.4, -0.2) is 73.2 Å². The fraction of sp³-hybridized carbons (Fsp3) is 0.293. The van der Waals surface area contributed by atoms with Crippen LogP contribution in [0.3, 0.4) is 0 Å². The maximum Gasteiger partial charge on any atom is 0.310 e. The molecule has 4 aromatic rings. The zero-order valence-corrected chi connectivity index (χ0v) is 30.3. The first-order valence-corrected chi connectivity index (χ1v) is 17.1. The molecule has 13 heteroatoms. The molecule has 1 N–H and O–H groups in total. The van der Waals surface area contributed by atoms with E-state index in [0.717, 1.165) is 16.7 Å². The molecule has 0 saturated carbocycles. The molecule has 1 fully saturated rings. The number of ketones is 1. The molecular formula is C41H39NO12. The van der Waals surface area contributed by atoms with E-state index in [1.54, 1.807) is 55.7 Å². The number of hydrogen-bond acceptors (Lipinski definition) is 12. The van der Waals surface area contributed by atoms with Crippen molar-refractivity contribution in [2.45, 2.75) is 12.0 Å². The number of esters is 1. The second-order valence-electron chi connectivity index (χ2n) is 12.8. The molecule has 1 aliphatic carbocycles. The Morgan fingerprint density at radius 1 is 0.778 bits per heavy atom. The standard InChI is InChI=1S/C41H39NO12/c1-46-25-8-6-7-23(13-25)30(43)12-10-22-9-11-26(16-31(22)47-2)51-20-36(44)42-39-28-18-33-32(53-21-54-33)17-27(28)37(38-29(39)19-52-41(38)45)24-14-34(48-3)40(50-5)35(15-24)49-4/h6-18,29,37-39H,19-21H2,1-5H3,(H,42,44)/b12-10+/t29-,37+,38-,39+/m0/s1. The Morgan fingerprint density at radius 3 is 2.19 bits per heavy atom. The molecule has 13 nitrogen and oxygen atoms in total. The molecule has 7 rings (SSSR count). The van der Waals surface area contributed by atoms with Gasteiger partial charge in [0.1, 0.15) is 17.2 Å². The lowest BCUT2D eigenvalue weighted by Crippen LogP contribution is -2.44. The van der Waals surface area contributed by atoms with E-state index < -0.39 is 29.7 Å². The van der Waals surface area contributed by atoms with Gasteiger partial charge < -0.3 is 47.9 Å². The van der Waals surface area contributed by atoms with Gasteiger partial charge in [-0.1, -0.05) is 12.1 Å². The number of hydrogen-bond donors (Lipinski definition) is 1. The van der Waals surface area contributed by atoms with Crippen molar-refractivity contribution in [3.63, 3.8) is 0 Å². The fourth-order valence-corrected chi connectivity index (χ4v) is 7.35. The van der Waals surface area contributed by atoms with Crippen LogP contribution in [0, 0.1) is 11.8 Å². The van der Waals surface area contributed by atoms with Gasteiger partial charge in [-0.15, -0.1) is 0 Å². The summed E-state index contributed by atoms with van der Waals surface area (Å²) >= 11 is 0. The number of amides is 1. The second kappa shape index (κ2) is 15.3. The Balaban J connectivity index is 1.13. The number of allylic oxidation sites excluding steroid dienone is 1. The number of cyclic esters (lactones) is 1. The third kappa shape index (κ3) is 6.80. The van der Waals surface area contributed by atoms with Crippen LogP contribution in [0.2, 0.25) is 0 Å². The summed E-state index contributed by atoms with van der Waals surface area (Å²) in [6, 6.07) is 18.7. The van der Waals surface area contributed by atoms with Gasteiger partial charge in [-0.3, -0.25) is 14.4 Å². The molecule has 3 aliphatic rings. The van der Waals surface area contributed by atoms with Gasteiger partial charge in [-0.2, -0.15) is 0 Å². The lowest BCUT2D eigenvalue weighted by molar-refractivity contribution is -0.141. The van der Waals surface area contributed by atoms with E-state index in [0.29, 0.717) is 57.1 Å². The van der Waals surface area contributed by atoms with Gasteiger partial charge in [0.15, 0.2) is 35.4 Å². The highest BCUT2D eigenvalue weighted by Crippen LogP contribution is 2.55. The molecule has 0 bridgehead atoms. The van der Waals surface area contributed by atoms with Crippen molar-refractivity contribution < 1.29 is 57.0 Å². The summed E-state index contributed by atoms with van der Waals surface area (Å²) in [5, 5.41) is 3.11. The monoisotopic (exact) mass is 737 g/mol. The lowest BCUT2D eigenvalue weighted by Gasteiger charge is -2.39. The highest BCUT2D eigenvalue weighted by Gasteiger charge is 2.53. The van der Waals surface area contributed by atoms with Gasteiger partial charge in [0.2, 0.25) is 12.5 Å². The van der Waals surface area contributed by atoms with Crippen LogP contribution in [0.25, 0.3) is 6.08 Å². The van der Waals surface area contributed by atoms with Crippen LogP contribution < -0.4 is 43.2 Å². The maximum atomic E-state index is 13.6. The summed E-state index contributed by atoms with van der Waals surface area (Å²) in [6.45, 7) is -0.189. The van der Waals surface area contributed by atoms with Gasteiger partial charge >= 0.3 is 5.97 Å². The van der Waals surface area contributed by atoms with Crippen LogP contribution in [0.15, 0.2) is 72.8 Å². The third-order valence-electron chi connectivity index (χ3n) is 9.89. The van der Waals surface area contributed by atoms with Crippen LogP contribution in [0.4, 0.5) is 0 Å². The zero-order valence-electron chi connectivity index (χ0n) is 30.3. The number of carbonyl (C=O) groups is 3. The average Bonchev–Trinajstić information content (AvgIpc) is 3.83. The molecule has 0 unspecified atom stereocenters. The van der Waals surface area contributed by atoms with E-state index in [1.165, 1.54) is 34.5 Å². The molecule has 1 amide bonds. The minimum absolute atomic E-state index is 0.0451. The van der Waals surface area contributed by atoms with E-state index >= 15 is 0 Å². The second-order valence-corrected chi connectivity index (χ2v) is 12.8. The Hall–Kier alpha value is -6.37. The minimum Gasteiger partial charge on any atom is -0.497 e. The van der Waals surface area contributed by atoms with Crippen LogP contribution in [0.1, 0.15) is 44.6 Å². The predicted octanol–water partition coefficient (Wildman–Crippen LogP) is 5.53. The topological polar surface area (TPSA) is 146 Å².